The first-order valence-corrected chi connectivity index (χ1v) is 10.2. The highest BCUT2D eigenvalue weighted by atomic mass is 16.5. The lowest BCUT2D eigenvalue weighted by atomic mass is 10.1. The number of ether oxygens (including phenoxy) is 1. The molecule has 4 rings (SSSR count). The van der Waals surface area contributed by atoms with Gasteiger partial charge in [-0.1, -0.05) is 48.5 Å². The molecule has 3 N–H and O–H groups in total. The van der Waals surface area contributed by atoms with Gasteiger partial charge < -0.3 is 15.5 Å². The number of H-pyrrole nitrogens is 1. The number of aromatic nitrogens is 3. The molecule has 33 heavy (non-hydrogen) atoms. The van der Waals surface area contributed by atoms with Gasteiger partial charge in [0.2, 0.25) is 5.78 Å². The van der Waals surface area contributed by atoms with Gasteiger partial charge in [0.25, 0.3) is 5.56 Å². The number of nitrogens with one attached hydrogen (secondary N) is 1. The number of nitrogens with two attached hydrogens (primary N) is 1. The zero-order valence-electron chi connectivity index (χ0n) is 17.9. The second-order valence-electron chi connectivity index (χ2n) is 7.60. The summed E-state index contributed by atoms with van der Waals surface area (Å²) >= 11 is 0. The number of rotatable bonds is 7. The van der Waals surface area contributed by atoms with Crippen LogP contribution in [0.4, 0.5) is 5.82 Å². The fourth-order valence-electron chi connectivity index (χ4n) is 3.67. The maximum atomic E-state index is 12.8. The van der Waals surface area contributed by atoms with Crippen LogP contribution < -0.4 is 17.0 Å². The maximum absolute atomic E-state index is 12.8. The Kier molecular flexibility index (Phi) is 5.95. The molecule has 4 aromatic rings. The molecule has 0 aliphatic carbocycles. The van der Waals surface area contributed by atoms with E-state index in [0.717, 1.165) is 31.2 Å². The minimum Gasteiger partial charge on any atom is -0.457 e. The molecule has 0 fully saturated rings. The van der Waals surface area contributed by atoms with Crippen molar-refractivity contribution in [3.63, 3.8) is 0 Å². The molecule has 0 aliphatic rings. The van der Waals surface area contributed by atoms with Gasteiger partial charge in [-0.3, -0.25) is 23.5 Å². The largest absolute Gasteiger partial charge is 0.457 e. The summed E-state index contributed by atoms with van der Waals surface area (Å²) < 4.78 is 7.10. The molecular formula is C24H22N4O5. The van der Waals surface area contributed by atoms with Crippen LogP contribution in [0.25, 0.3) is 10.9 Å². The number of esters is 1. The van der Waals surface area contributed by atoms with Crippen LogP contribution in [0.1, 0.15) is 21.5 Å². The Morgan fingerprint density at radius 1 is 1.03 bits per heavy atom. The van der Waals surface area contributed by atoms with Gasteiger partial charge in [0.15, 0.2) is 6.61 Å². The summed E-state index contributed by atoms with van der Waals surface area (Å²) in [6.45, 7) is -0.579. The topological polar surface area (TPSA) is 129 Å². The van der Waals surface area contributed by atoms with E-state index in [-0.39, 0.29) is 24.3 Å². The Hall–Kier alpha value is -4.40. The fraction of sp³-hybridized carbons (Fsp3) is 0.167. The third-order valence-electron chi connectivity index (χ3n) is 5.42. The Morgan fingerprint density at radius 2 is 1.73 bits per heavy atom. The number of carbonyl (C=O) groups excluding carboxylic acids is 2. The molecule has 0 unspecified atom stereocenters. The van der Waals surface area contributed by atoms with Crippen LogP contribution in [-0.4, -0.2) is 32.5 Å². The van der Waals surface area contributed by atoms with E-state index in [1.54, 1.807) is 30.5 Å². The van der Waals surface area contributed by atoms with Crippen LogP contribution in [0.3, 0.4) is 0 Å². The average molecular weight is 446 g/mol. The zero-order chi connectivity index (χ0) is 23.5. The minimum absolute atomic E-state index is 0.0434. The Labute approximate surface area is 188 Å². The van der Waals surface area contributed by atoms with Gasteiger partial charge in [0.1, 0.15) is 11.4 Å². The van der Waals surface area contributed by atoms with Crippen molar-refractivity contribution >= 4 is 28.5 Å². The van der Waals surface area contributed by atoms with Crippen molar-refractivity contribution in [1.82, 2.24) is 14.1 Å². The van der Waals surface area contributed by atoms with Crippen molar-refractivity contribution in [3.8, 4) is 0 Å². The summed E-state index contributed by atoms with van der Waals surface area (Å²) in [4.78, 5) is 53.4. The third kappa shape index (κ3) is 4.33. The number of nitrogens with zero attached hydrogens (tertiary/aromatic N) is 2. The first kappa shape index (κ1) is 21.8. The molecule has 2 aromatic carbocycles. The summed E-state index contributed by atoms with van der Waals surface area (Å²) in [6, 6.07) is 16.5. The monoisotopic (exact) mass is 446 g/mol. The second kappa shape index (κ2) is 8.99. The van der Waals surface area contributed by atoms with Crippen molar-refractivity contribution in [3.05, 3.63) is 98.3 Å². The van der Waals surface area contributed by atoms with Crippen molar-refractivity contribution in [2.75, 3.05) is 12.3 Å². The fourth-order valence-corrected chi connectivity index (χ4v) is 3.67. The van der Waals surface area contributed by atoms with Crippen LogP contribution >= 0.6 is 0 Å². The number of hydrogen-bond donors (Lipinski definition) is 2. The number of hydrogen-bond acceptors (Lipinski definition) is 6. The quantitative estimate of drug-likeness (QED) is 0.328. The van der Waals surface area contributed by atoms with E-state index in [0.29, 0.717) is 0 Å². The Bertz CT molecular complexity index is 1460. The predicted octanol–water partition coefficient (Wildman–Crippen LogP) is 1.63. The smallest absolute Gasteiger partial charge is 0.332 e. The number of aromatic amines is 1. The number of ketones is 1. The molecule has 0 bridgehead atoms. The number of fused-ring (bicyclic) bond motifs is 1. The molecular weight excluding hydrogens is 424 g/mol. The van der Waals surface area contributed by atoms with Gasteiger partial charge in [0.05, 0.1) is 13.0 Å². The van der Waals surface area contributed by atoms with E-state index in [4.69, 9.17) is 10.5 Å². The molecule has 0 amide bonds. The van der Waals surface area contributed by atoms with Crippen molar-refractivity contribution in [1.29, 1.82) is 0 Å². The molecule has 168 valence electrons. The molecule has 2 heterocycles. The maximum Gasteiger partial charge on any atom is 0.332 e. The molecule has 9 nitrogen and oxygen atoms in total. The van der Waals surface area contributed by atoms with Crippen LogP contribution in [-0.2, 0) is 29.5 Å². The van der Waals surface area contributed by atoms with E-state index < -0.39 is 29.6 Å². The lowest BCUT2D eigenvalue weighted by Crippen LogP contribution is -2.43. The Balaban J connectivity index is 1.53. The molecule has 0 atom stereocenters. The van der Waals surface area contributed by atoms with Crippen molar-refractivity contribution in [2.45, 2.75) is 13.0 Å². The number of para-hydroxylation sites is 1. The van der Waals surface area contributed by atoms with E-state index in [1.165, 1.54) is 7.05 Å². The number of carbonyl (C=O) groups is 2. The lowest BCUT2D eigenvalue weighted by Gasteiger charge is -2.14. The number of benzene rings is 2. The molecule has 0 saturated heterocycles. The van der Waals surface area contributed by atoms with Crippen molar-refractivity contribution in [2.24, 2.45) is 7.05 Å². The Morgan fingerprint density at radius 3 is 2.48 bits per heavy atom. The average Bonchev–Trinajstić information content (AvgIpc) is 3.22. The first-order valence-electron chi connectivity index (χ1n) is 10.2. The standard InChI is InChI=1S/C24H22N4O5/c1-27-23(31)21(22(25)28(24(27)32)13-15-7-3-2-4-8-15)19(29)14-33-20(30)11-16-12-26-18-10-6-5-9-17(16)18/h2-10,12,26H,11,13-14,25H2,1H3. The lowest BCUT2D eigenvalue weighted by molar-refractivity contribution is -0.141. The highest BCUT2D eigenvalue weighted by Gasteiger charge is 2.23. The summed E-state index contributed by atoms with van der Waals surface area (Å²) in [7, 11) is 1.27. The van der Waals surface area contributed by atoms with Gasteiger partial charge in [-0.05, 0) is 17.2 Å². The summed E-state index contributed by atoms with van der Waals surface area (Å²) in [6.07, 6.45) is 1.67. The van der Waals surface area contributed by atoms with Crippen LogP contribution in [0.2, 0.25) is 0 Å². The predicted molar refractivity (Wildman–Crippen MR) is 123 cm³/mol. The number of anilines is 1. The summed E-state index contributed by atoms with van der Waals surface area (Å²) in [5, 5.41) is 0.881. The van der Waals surface area contributed by atoms with E-state index >= 15 is 0 Å². The van der Waals surface area contributed by atoms with E-state index in [9.17, 15) is 19.2 Å². The SMILES string of the molecule is Cn1c(=O)c(C(=O)COC(=O)Cc2c[nH]c3ccccc23)c(N)n(Cc2ccccc2)c1=O. The van der Waals surface area contributed by atoms with Crippen molar-refractivity contribution < 1.29 is 14.3 Å². The molecule has 0 spiro atoms. The summed E-state index contributed by atoms with van der Waals surface area (Å²) in [5.41, 5.74) is 6.59. The normalized spacial score (nSPS) is 10.9. The van der Waals surface area contributed by atoms with Gasteiger partial charge in [-0.2, -0.15) is 0 Å². The molecule has 0 saturated carbocycles. The van der Waals surface area contributed by atoms with E-state index in [2.05, 4.69) is 4.98 Å². The van der Waals surface area contributed by atoms with Crippen LogP contribution in [0.5, 0.6) is 0 Å². The van der Waals surface area contributed by atoms with Gasteiger partial charge in [0, 0.05) is 24.1 Å². The molecule has 9 heteroatoms. The van der Waals surface area contributed by atoms with Crippen LogP contribution in [0, 0.1) is 0 Å². The van der Waals surface area contributed by atoms with Crippen LogP contribution in [0.15, 0.2) is 70.4 Å². The third-order valence-corrected chi connectivity index (χ3v) is 5.42. The zero-order valence-corrected chi connectivity index (χ0v) is 17.9. The van der Waals surface area contributed by atoms with Gasteiger partial charge >= 0.3 is 11.7 Å². The molecule has 2 aromatic heterocycles. The highest BCUT2D eigenvalue weighted by molar-refractivity contribution is 6.01. The number of Topliss-reactive ketones (excluding diaryl/α,β-unsaturated/α-hetero) is 1. The van der Waals surface area contributed by atoms with Gasteiger partial charge in [-0.15, -0.1) is 0 Å². The second-order valence-corrected chi connectivity index (χ2v) is 7.60. The van der Waals surface area contributed by atoms with Gasteiger partial charge in [-0.25, -0.2) is 4.79 Å². The first-order chi connectivity index (χ1) is 15.9. The molecule has 0 radical (unpaired) electrons. The molecule has 0 aliphatic heterocycles. The number of nitrogen functional groups attached to an aromatic ring is 1. The van der Waals surface area contributed by atoms with E-state index in [1.807, 2.05) is 30.3 Å². The summed E-state index contributed by atoms with van der Waals surface area (Å²) in [5.74, 6) is -1.66. The highest BCUT2D eigenvalue weighted by Crippen LogP contribution is 2.18. The minimum atomic E-state index is -0.834.